The van der Waals surface area contributed by atoms with E-state index in [4.69, 9.17) is 4.74 Å². The zero-order valence-electron chi connectivity index (χ0n) is 10.5. The second kappa shape index (κ2) is 5.72. The molecule has 2 atom stereocenters. The summed E-state index contributed by atoms with van der Waals surface area (Å²) in [6, 6.07) is 0. The van der Waals surface area contributed by atoms with E-state index in [9.17, 15) is 5.11 Å². The van der Waals surface area contributed by atoms with Gasteiger partial charge in [-0.15, -0.1) is 0 Å². The second-order valence-corrected chi connectivity index (χ2v) is 5.21. The van der Waals surface area contributed by atoms with Crippen molar-refractivity contribution in [2.45, 2.75) is 60.2 Å². The average molecular weight is 202 g/mol. The monoisotopic (exact) mass is 202 g/mol. The Morgan fingerprint density at radius 1 is 1.21 bits per heavy atom. The van der Waals surface area contributed by atoms with E-state index >= 15 is 0 Å². The fraction of sp³-hybridized carbons (Fsp3) is 1.00. The molecule has 0 aliphatic heterocycles. The van der Waals surface area contributed by atoms with Gasteiger partial charge in [-0.25, -0.2) is 0 Å². The molecule has 0 spiro atoms. The van der Waals surface area contributed by atoms with Gasteiger partial charge in [0.2, 0.25) is 0 Å². The highest BCUT2D eigenvalue weighted by Gasteiger charge is 2.30. The van der Waals surface area contributed by atoms with Crippen LogP contribution in [-0.4, -0.2) is 23.9 Å². The molecule has 0 bridgehead atoms. The topological polar surface area (TPSA) is 29.5 Å². The molecule has 0 aromatic rings. The third-order valence-corrected chi connectivity index (χ3v) is 2.75. The van der Waals surface area contributed by atoms with E-state index < -0.39 is 0 Å². The normalized spacial score (nSPS) is 17.1. The van der Waals surface area contributed by atoms with Gasteiger partial charge in [0.1, 0.15) is 0 Å². The predicted octanol–water partition coefficient (Wildman–Crippen LogP) is 2.84. The molecule has 2 heteroatoms. The smallest absolute Gasteiger partial charge is 0.0636 e. The Kier molecular flexibility index (Phi) is 5.68. The van der Waals surface area contributed by atoms with Crippen LogP contribution in [0, 0.1) is 11.3 Å². The summed E-state index contributed by atoms with van der Waals surface area (Å²) >= 11 is 0. The lowest BCUT2D eigenvalue weighted by atomic mass is 9.81. The maximum Gasteiger partial charge on any atom is 0.0636 e. The summed E-state index contributed by atoms with van der Waals surface area (Å²) in [5.74, 6) is 0.283. The first-order valence-electron chi connectivity index (χ1n) is 5.61. The van der Waals surface area contributed by atoms with Gasteiger partial charge in [0.25, 0.3) is 0 Å². The average Bonchev–Trinajstić information content (AvgIpc) is 2.12. The van der Waals surface area contributed by atoms with Crippen LogP contribution in [0.3, 0.4) is 0 Å². The number of aliphatic hydroxyl groups is 1. The van der Waals surface area contributed by atoms with E-state index in [-0.39, 0.29) is 23.5 Å². The van der Waals surface area contributed by atoms with Crippen molar-refractivity contribution >= 4 is 0 Å². The van der Waals surface area contributed by atoms with Gasteiger partial charge in [-0.05, 0) is 19.3 Å². The van der Waals surface area contributed by atoms with Crippen molar-refractivity contribution in [2.75, 3.05) is 6.61 Å². The Bertz CT molecular complexity index is 152. The maximum absolute atomic E-state index is 9.96. The lowest BCUT2D eigenvalue weighted by Crippen LogP contribution is -2.38. The van der Waals surface area contributed by atoms with Crippen molar-refractivity contribution in [3.63, 3.8) is 0 Å². The van der Waals surface area contributed by atoms with Crippen molar-refractivity contribution in [1.29, 1.82) is 0 Å². The molecular formula is C12H26O2. The molecular weight excluding hydrogens is 176 g/mol. The SMILES string of the molecule is CC[C@H](C)OCC(C)(C)[C@@H](O)C(C)C. The number of hydrogen-bond donors (Lipinski definition) is 1. The lowest BCUT2D eigenvalue weighted by molar-refractivity contribution is -0.0641. The first-order chi connectivity index (χ1) is 6.31. The van der Waals surface area contributed by atoms with Crippen LogP contribution in [-0.2, 0) is 4.74 Å². The molecule has 2 nitrogen and oxygen atoms in total. The van der Waals surface area contributed by atoms with Crippen molar-refractivity contribution in [3.8, 4) is 0 Å². The number of ether oxygens (including phenoxy) is 1. The van der Waals surface area contributed by atoms with Crippen LogP contribution < -0.4 is 0 Å². The molecule has 0 aromatic heterocycles. The van der Waals surface area contributed by atoms with E-state index in [1.165, 1.54) is 0 Å². The van der Waals surface area contributed by atoms with Crippen molar-refractivity contribution < 1.29 is 9.84 Å². The Balaban J connectivity index is 4.06. The molecule has 0 saturated carbocycles. The van der Waals surface area contributed by atoms with Crippen LogP contribution in [0.15, 0.2) is 0 Å². The fourth-order valence-electron chi connectivity index (χ4n) is 1.46. The van der Waals surface area contributed by atoms with E-state index in [2.05, 4.69) is 27.7 Å². The third kappa shape index (κ3) is 4.43. The largest absolute Gasteiger partial charge is 0.392 e. The summed E-state index contributed by atoms with van der Waals surface area (Å²) in [6.45, 7) is 13.0. The van der Waals surface area contributed by atoms with Crippen LogP contribution in [0.1, 0.15) is 48.0 Å². The summed E-state index contributed by atoms with van der Waals surface area (Å²) < 4.78 is 5.67. The van der Waals surface area contributed by atoms with Crippen molar-refractivity contribution in [3.05, 3.63) is 0 Å². The Labute approximate surface area is 88.7 Å². The minimum absolute atomic E-state index is 0.155. The summed E-state index contributed by atoms with van der Waals surface area (Å²) in [7, 11) is 0. The molecule has 0 aromatic carbocycles. The molecule has 0 amide bonds. The molecule has 0 heterocycles. The van der Waals surface area contributed by atoms with Crippen molar-refractivity contribution in [1.82, 2.24) is 0 Å². The molecule has 0 aliphatic carbocycles. The fourth-order valence-corrected chi connectivity index (χ4v) is 1.46. The molecule has 0 aliphatic rings. The van der Waals surface area contributed by atoms with E-state index in [0.717, 1.165) is 6.42 Å². The predicted molar refractivity (Wildman–Crippen MR) is 60.3 cm³/mol. The van der Waals surface area contributed by atoms with Crippen molar-refractivity contribution in [2.24, 2.45) is 11.3 Å². The molecule has 1 N–H and O–H groups in total. The first kappa shape index (κ1) is 13.9. The minimum Gasteiger partial charge on any atom is -0.392 e. The summed E-state index contributed by atoms with van der Waals surface area (Å²) in [5.41, 5.74) is -0.155. The summed E-state index contributed by atoms with van der Waals surface area (Å²) in [5, 5.41) is 9.96. The molecule has 0 rings (SSSR count). The molecule has 0 radical (unpaired) electrons. The standard InChI is InChI=1S/C12H26O2/c1-7-10(4)14-8-12(5,6)11(13)9(2)3/h9-11,13H,7-8H2,1-6H3/t10-,11-/m0/s1. The Morgan fingerprint density at radius 3 is 2.07 bits per heavy atom. The van der Waals surface area contributed by atoms with Crippen LogP contribution in [0.2, 0.25) is 0 Å². The Hall–Kier alpha value is -0.0800. The zero-order valence-corrected chi connectivity index (χ0v) is 10.5. The number of rotatable bonds is 6. The Morgan fingerprint density at radius 2 is 1.71 bits per heavy atom. The van der Waals surface area contributed by atoms with Crippen LogP contribution in [0.4, 0.5) is 0 Å². The summed E-state index contributed by atoms with van der Waals surface area (Å²) in [4.78, 5) is 0. The maximum atomic E-state index is 9.96. The van der Waals surface area contributed by atoms with Crippen LogP contribution >= 0.6 is 0 Å². The quantitative estimate of drug-likeness (QED) is 0.717. The molecule has 0 unspecified atom stereocenters. The lowest BCUT2D eigenvalue weighted by Gasteiger charge is -2.33. The van der Waals surface area contributed by atoms with Gasteiger partial charge in [0.05, 0.1) is 18.8 Å². The van der Waals surface area contributed by atoms with E-state index in [0.29, 0.717) is 6.61 Å². The number of hydrogen-bond acceptors (Lipinski definition) is 2. The highest BCUT2D eigenvalue weighted by atomic mass is 16.5. The van der Waals surface area contributed by atoms with Gasteiger partial charge < -0.3 is 9.84 Å². The van der Waals surface area contributed by atoms with Crippen LogP contribution in [0.5, 0.6) is 0 Å². The summed E-state index contributed by atoms with van der Waals surface area (Å²) in [6.07, 6.45) is 1.01. The minimum atomic E-state index is -0.299. The van der Waals surface area contributed by atoms with Gasteiger partial charge in [-0.2, -0.15) is 0 Å². The highest BCUT2D eigenvalue weighted by Crippen LogP contribution is 2.26. The second-order valence-electron chi connectivity index (χ2n) is 5.21. The zero-order chi connectivity index (χ0) is 11.4. The molecule has 86 valence electrons. The number of aliphatic hydroxyl groups excluding tert-OH is 1. The van der Waals surface area contributed by atoms with Gasteiger partial charge in [-0.3, -0.25) is 0 Å². The van der Waals surface area contributed by atoms with E-state index in [1.807, 2.05) is 13.8 Å². The van der Waals surface area contributed by atoms with Crippen LogP contribution in [0.25, 0.3) is 0 Å². The van der Waals surface area contributed by atoms with Gasteiger partial charge in [-0.1, -0.05) is 34.6 Å². The molecule has 14 heavy (non-hydrogen) atoms. The highest BCUT2D eigenvalue weighted by molar-refractivity contribution is 4.79. The van der Waals surface area contributed by atoms with Gasteiger partial charge >= 0.3 is 0 Å². The molecule has 0 saturated heterocycles. The third-order valence-electron chi connectivity index (χ3n) is 2.75. The molecule has 0 fully saturated rings. The van der Waals surface area contributed by atoms with E-state index in [1.54, 1.807) is 0 Å². The van der Waals surface area contributed by atoms with Gasteiger partial charge in [0, 0.05) is 5.41 Å². The van der Waals surface area contributed by atoms with Gasteiger partial charge in [0.15, 0.2) is 0 Å². The first-order valence-corrected chi connectivity index (χ1v) is 5.61.